The van der Waals surface area contributed by atoms with E-state index in [0.29, 0.717) is 6.54 Å². The largest absolute Gasteiger partial charge is 0.340 e. The van der Waals surface area contributed by atoms with Crippen molar-refractivity contribution in [1.82, 2.24) is 4.90 Å². The second-order valence-corrected chi connectivity index (χ2v) is 7.38. The Balaban J connectivity index is 2.02. The van der Waals surface area contributed by atoms with E-state index in [9.17, 15) is 4.79 Å². The Bertz CT molecular complexity index is 453. The van der Waals surface area contributed by atoms with Crippen LogP contribution in [0.1, 0.15) is 42.4 Å². The summed E-state index contributed by atoms with van der Waals surface area (Å²) in [4.78, 5) is 16.9. The lowest BCUT2D eigenvalue weighted by Gasteiger charge is -2.39. The van der Waals surface area contributed by atoms with Gasteiger partial charge in [0.05, 0.1) is 12.5 Å². The van der Waals surface area contributed by atoms with Crippen molar-refractivity contribution in [3.63, 3.8) is 0 Å². The van der Waals surface area contributed by atoms with Crippen LogP contribution in [0, 0.1) is 12.8 Å². The Kier molecular flexibility index (Phi) is 4.31. The molecule has 19 heavy (non-hydrogen) atoms. The fourth-order valence-electron chi connectivity index (χ4n) is 2.91. The minimum atomic E-state index is -0.338. The summed E-state index contributed by atoms with van der Waals surface area (Å²) < 4.78 is 0. The van der Waals surface area contributed by atoms with E-state index in [2.05, 4.69) is 19.1 Å². The van der Waals surface area contributed by atoms with Gasteiger partial charge in [-0.2, -0.15) is 0 Å². The summed E-state index contributed by atoms with van der Waals surface area (Å²) in [5, 5.41) is 0. The van der Waals surface area contributed by atoms with Crippen molar-refractivity contribution in [3.8, 4) is 0 Å². The van der Waals surface area contributed by atoms with Crippen LogP contribution in [-0.4, -0.2) is 23.4 Å². The normalized spacial score (nSPS) is 27.3. The molecule has 0 saturated heterocycles. The molecule has 2 rings (SSSR count). The van der Waals surface area contributed by atoms with Crippen LogP contribution in [0.4, 0.5) is 0 Å². The summed E-state index contributed by atoms with van der Waals surface area (Å²) in [5.74, 6) is 0.183. The lowest BCUT2D eigenvalue weighted by molar-refractivity contribution is -0.138. The zero-order chi connectivity index (χ0) is 14.0. The molecule has 0 aliphatic heterocycles. The minimum absolute atomic E-state index is 0.0210. The van der Waals surface area contributed by atoms with Gasteiger partial charge in [-0.1, -0.05) is 12.8 Å². The summed E-state index contributed by atoms with van der Waals surface area (Å²) in [6.45, 7) is 4.82. The van der Waals surface area contributed by atoms with Crippen molar-refractivity contribution in [3.05, 3.63) is 21.9 Å². The van der Waals surface area contributed by atoms with Crippen LogP contribution >= 0.6 is 11.3 Å². The second-order valence-electron chi connectivity index (χ2n) is 6.01. The highest BCUT2D eigenvalue weighted by Crippen LogP contribution is 2.33. The molecule has 1 aromatic rings. The summed E-state index contributed by atoms with van der Waals surface area (Å²) in [5.41, 5.74) is 5.98. The third kappa shape index (κ3) is 3.37. The summed E-state index contributed by atoms with van der Waals surface area (Å²) >= 11 is 1.75. The van der Waals surface area contributed by atoms with Gasteiger partial charge in [0.1, 0.15) is 0 Å². The third-order valence-corrected chi connectivity index (χ3v) is 5.10. The average Bonchev–Trinajstić information content (AvgIpc) is 2.73. The fourth-order valence-corrected chi connectivity index (χ4v) is 3.86. The SMILES string of the molecule is Cc1ccc(CN(C)C(=O)C2CCCCC2(C)N)s1. The molecular formula is C15H24N2OS. The molecule has 1 aliphatic carbocycles. The molecule has 2 unspecified atom stereocenters. The summed E-state index contributed by atoms with van der Waals surface area (Å²) in [6, 6.07) is 4.21. The molecule has 1 heterocycles. The molecule has 1 aromatic heterocycles. The molecule has 0 bridgehead atoms. The molecule has 3 nitrogen and oxygen atoms in total. The number of amides is 1. The number of rotatable bonds is 3. The van der Waals surface area contributed by atoms with Crippen LogP contribution in [0.2, 0.25) is 0 Å². The standard InChI is InChI=1S/C15H24N2OS/c1-11-7-8-12(19-11)10-17(3)14(18)13-6-4-5-9-15(13,2)16/h7-8,13H,4-6,9-10,16H2,1-3H3. The van der Waals surface area contributed by atoms with Crippen molar-refractivity contribution >= 4 is 17.2 Å². The van der Waals surface area contributed by atoms with Gasteiger partial charge < -0.3 is 10.6 Å². The second kappa shape index (κ2) is 5.63. The maximum Gasteiger partial charge on any atom is 0.227 e. The van der Waals surface area contributed by atoms with E-state index in [1.165, 1.54) is 9.75 Å². The molecule has 2 N–H and O–H groups in total. The Hall–Kier alpha value is -0.870. The number of nitrogens with zero attached hydrogens (tertiary/aromatic N) is 1. The molecule has 4 heteroatoms. The van der Waals surface area contributed by atoms with Gasteiger partial charge in [-0.05, 0) is 38.8 Å². The first-order chi connectivity index (χ1) is 8.90. The highest BCUT2D eigenvalue weighted by atomic mass is 32.1. The Morgan fingerprint density at radius 2 is 2.26 bits per heavy atom. The van der Waals surface area contributed by atoms with E-state index in [0.717, 1.165) is 25.7 Å². The molecule has 106 valence electrons. The maximum absolute atomic E-state index is 12.6. The Morgan fingerprint density at radius 3 is 2.84 bits per heavy atom. The molecule has 1 fully saturated rings. The van der Waals surface area contributed by atoms with E-state index in [1.807, 2.05) is 18.9 Å². The molecule has 0 spiro atoms. The predicted molar refractivity (Wildman–Crippen MR) is 80.1 cm³/mol. The van der Waals surface area contributed by atoms with Crippen LogP contribution in [0.3, 0.4) is 0 Å². The fraction of sp³-hybridized carbons (Fsp3) is 0.667. The van der Waals surface area contributed by atoms with Crippen molar-refractivity contribution in [2.75, 3.05) is 7.05 Å². The lowest BCUT2D eigenvalue weighted by Crippen LogP contribution is -2.52. The first kappa shape index (κ1) is 14.5. The van der Waals surface area contributed by atoms with Gasteiger partial charge in [0.15, 0.2) is 0 Å². The predicted octanol–water partition coefficient (Wildman–Crippen LogP) is 2.92. The highest BCUT2D eigenvalue weighted by Gasteiger charge is 2.39. The zero-order valence-corrected chi connectivity index (χ0v) is 12.9. The monoisotopic (exact) mass is 280 g/mol. The quantitative estimate of drug-likeness (QED) is 0.925. The minimum Gasteiger partial charge on any atom is -0.340 e. The number of thiophene rings is 1. The highest BCUT2D eigenvalue weighted by molar-refractivity contribution is 7.11. The molecule has 1 aliphatic rings. The number of carbonyl (C=O) groups is 1. The molecule has 0 radical (unpaired) electrons. The van der Waals surface area contributed by atoms with Crippen molar-refractivity contribution in [2.24, 2.45) is 11.7 Å². The van der Waals surface area contributed by atoms with E-state index < -0.39 is 0 Å². The lowest BCUT2D eigenvalue weighted by atomic mass is 9.74. The van der Waals surface area contributed by atoms with Gasteiger partial charge in [-0.3, -0.25) is 4.79 Å². The number of hydrogen-bond donors (Lipinski definition) is 1. The van der Waals surface area contributed by atoms with Crippen molar-refractivity contribution in [2.45, 2.75) is 51.6 Å². The molecule has 1 amide bonds. The number of nitrogens with two attached hydrogens (primary N) is 1. The Morgan fingerprint density at radius 1 is 1.53 bits per heavy atom. The van der Waals surface area contributed by atoms with Gasteiger partial charge in [-0.25, -0.2) is 0 Å². The number of carbonyl (C=O) groups excluding carboxylic acids is 1. The van der Waals surface area contributed by atoms with Crippen LogP contribution in [0.5, 0.6) is 0 Å². The van der Waals surface area contributed by atoms with Crippen molar-refractivity contribution < 1.29 is 4.79 Å². The van der Waals surface area contributed by atoms with Crippen LogP contribution in [-0.2, 0) is 11.3 Å². The van der Waals surface area contributed by atoms with Crippen molar-refractivity contribution in [1.29, 1.82) is 0 Å². The van der Waals surface area contributed by atoms with E-state index in [4.69, 9.17) is 5.73 Å². The smallest absolute Gasteiger partial charge is 0.227 e. The summed E-state index contributed by atoms with van der Waals surface area (Å²) in [6.07, 6.45) is 4.15. The molecular weight excluding hydrogens is 256 g/mol. The van der Waals surface area contributed by atoms with E-state index >= 15 is 0 Å². The maximum atomic E-state index is 12.6. The molecule has 0 aromatic carbocycles. The number of hydrogen-bond acceptors (Lipinski definition) is 3. The van der Waals surface area contributed by atoms with Gasteiger partial charge in [-0.15, -0.1) is 11.3 Å². The molecule has 2 atom stereocenters. The number of aryl methyl sites for hydroxylation is 1. The van der Waals surface area contributed by atoms with Crippen LogP contribution < -0.4 is 5.73 Å². The van der Waals surface area contributed by atoms with E-state index in [1.54, 1.807) is 11.3 Å². The summed E-state index contributed by atoms with van der Waals surface area (Å²) in [7, 11) is 1.89. The van der Waals surface area contributed by atoms with Gasteiger partial charge in [0, 0.05) is 22.3 Å². The first-order valence-electron chi connectivity index (χ1n) is 6.99. The van der Waals surface area contributed by atoms with E-state index in [-0.39, 0.29) is 17.4 Å². The van der Waals surface area contributed by atoms with Gasteiger partial charge in [0.25, 0.3) is 0 Å². The third-order valence-electron chi connectivity index (χ3n) is 4.12. The first-order valence-corrected chi connectivity index (χ1v) is 7.81. The Labute approximate surface area is 119 Å². The average molecular weight is 280 g/mol. The van der Waals surface area contributed by atoms with Gasteiger partial charge >= 0.3 is 0 Å². The zero-order valence-electron chi connectivity index (χ0n) is 12.1. The van der Waals surface area contributed by atoms with Gasteiger partial charge in [0.2, 0.25) is 5.91 Å². The molecule has 1 saturated carbocycles. The van der Waals surface area contributed by atoms with Crippen LogP contribution in [0.25, 0.3) is 0 Å². The van der Waals surface area contributed by atoms with Crippen LogP contribution in [0.15, 0.2) is 12.1 Å². The topological polar surface area (TPSA) is 46.3 Å².